The average Bonchev–Trinajstić information content (AvgIpc) is 2.77. The summed E-state index contributed by atoms with van der Waals surface area (Å²) in [6.07, 6.45) is 0.627. The number of imidazole rings is 1. The Balaban J connectivity index is 1.87. The highest BCUT2D eigenvalue weighted by atomic mass is 16.6. The second-order valence-electron chi connectivity index (χ2n) is 8.04. The summed E-state index contributed by atoms with van der Waals surface area (Å²) in [6.45, 7) is 5.73. The van der Waals surface area contributed by atoms with E-state index >= 15 is 0 Å². The lowest BCUT2D eigenvalue weighted by molar-refractivity contribution is -0.131. The van der Waals surface area contributed by atoms with Crippen molar-refractivity contribution < 1.29 is 19.1 Å². The van der Waals surface area contributed by atoms with Crippen molar-refractivity contribution in [1.29, 1.82) is 0 Å². The van der Waals surface area contributed by atoms with Crippen molar-refractivity contribution in [2.45, 2.75) is 58.2 Å². The summed E-state index contributed by atoms with van der Waals surface area (Å²) in [5.74, 6) is -0.791. The van der Waals surface area contributed by atoms with Gasteiger partial charge in [0.05, 0.1) is 11.0 Å². The lowest BCUT2D eigenvalue weighted by atomic mass is 10.1. The maximum absolute atomic E-state index is 13.1. The molecule has 2 N–H and O–H groups in total. The molecule has 3 amide bonds. The molecule has 9 heteroatoms. The van der Waals surface area contributed by atoms with E-state index in [1.807, 2.05) is 0 Å². The van der Waals surface area contributed by atoms with E-state index in [-0.39, 0.29) is 31.1 Å². The molecular formula is C20H26N4O5. The molecule has 1 saturated heterocycles. The van der Waals surface area contributed by atoms with Crippen LogP contribution < -0.4 is 16.3 Å². The van der Waals surface area contributed by atoms with Gasteiger partial charge in [-0.15, -0.1) is 0 Å². The summed E-state index contributed by atoms with van der Waals surface area (Å²) in [5, 5.41) is 4.99. The van der Waals surface area contributed by atoms with E-state index < -0.39 is 23.6 Å². The molecule has 2 heterocycles. The molecule has 3 rings (SSSR count). The number of fused-ring (bicyclic) bond motifs is 1. The summed E-state index contributed by atoms with van der Waals surface area (Å²) in [7, 11) is 0. The number of aromatic nitrogens is 2. The molecule has 0 saturated carbocycles. The average molecular weight is 402 g/mol. The second-order valence-corrected chi connectivity index (χ2v) is 8.04. The number of ether oxygens (including phenoxy) is 1. The number of rotatable bonds is 4. The van der Waals surface area contributed by atoms with Crippen LogP contribution in [0.1, 0.15) is 46.1 Å². The van der Waals surface area contributed by atoms with Gasteiger partial charge in [0.1, 0.15) is 11.6 Å². The highest BCUT2D eigenvalue weighted by molar-refractivity contribution is 5.98. The van der Waals surface area contributed by atoms with Crippen LogP contribution in [0.3, 0.4) is 0 Å². The van der Waals surface area contributed by atoms with Crippen LogP contribution in [0.15, 0.2) is 29.1 Å². The fraction of sp³-hybridized carbons (Fsp3) is 0.500. The highest BCUT2D eigenvalue weighted by Crippen LogP contribution is 2.23. The van der Waals surface area contributed by atoms with Gasteiger partial charge in [-0.2, -0.15) is 0 Å². The Morgan fingerprint density at radius 2 is 1.90 bits per heavy atom. The third-order valence-electron chi connectivity index (χ3n) is 4.63. The van der Waals surface area contributed by atoms with Gasteiger partial charge in [-0.1, -0.05) is 12.1 Å². The molecule has 2 aromatic rings. The Hall–Kier alpha value is -3.10. The van der Waals surface area contributed by atoms with Crippen LogP contribution in [0.5, 0.6) is 0 Å². The monoisotopic (exact) mass is 402 g/mol. The van der Waals surface area contributed by atoms with Gasteiger partial charge >= 0.3 is 11.8 Å². The van der Waals surface area contributed by atoms with Crippen molar-refractivity contribution in [2.75, 3.05) is 6.54 Å². The first-order valence-corrected chi connectivity index (χ1v) is 9.67. The lowest BCUT2D eigenvalue weighted by Crippen LogP contribution is -2.39. The summed E-state index contributed by atoms with van der Waals surface area (Å²) >= 11 is 0. The van der Waals surface area contributed by atoms with E-state index in [0.717, 1.165) is 0 Å². The minimum Gasteiger partial charge on any atom is -0.444 e. The van der Waals surface area contributed by atoms with E-state index in [2.05, 4.69) is 10.6 Å². The normalized spacial score (nSPS) is 17.7. The van der Waals surface area contributed by atoms with Crippen molar-refractivity contribution in [3.05, 3.63) is 34.7 Å². The zero-order valence-electron chi connectivity index (χ0n) is 16.9. The van der Waals surface area contributed by atoms with Crippen LogP contribution in [-0.2, 0) is 20.9 Å². The molecule has 0 bridgehead atoms. The fourth-order valence-corrected chi connectivity index (χ4v) is 3.45. The molecule has 29 heavy (non-hydrogen) atoms. The number of carbonyl (C=O) groups excluding carboxylic acids is 3. The third-order valence-corrected chi connectivity index (χ3v) is 4.63. The van der Waals surface area contributed by atoms with Gasteiger partial charge in [0, 0.05) is 19.5 Å². The van der Waals surface area contributed by atoms with Crippen molar-refractivity contribution in [1.82, 2.24) is 19.8 Å². The molecular weight excluding hydrogens is 376 g/mol. The SMILES string of the molecule is CC(C)(C)OC(=O)NCCn1c(=O)n(C2CCCC(=O)NC2=O)c2ccccc21. The molecule has 1 aliphatic heterocycles. The molecule has 0 aliphatic carbocycles. The van der Waals surface area contributed by atoms with Crippen molar-refractivity contribution in [3.8, 4) is 0 Å². The number of hydrogen-bond acceptors (Lipinski definition) is 5. The van der Waals surface area contributed by atoms with E-state index in [0.29, 0.717) is 23.9 Å². The van der Waals surface area contributed by atoms with Gasteiger partial charge in [-0.3, -0.25) is 24.0 Å². The first-order chi connectivity index (χ1) is 13.7. The van der Waals surface area contributed by atoms with Gasteiger partial charge in [0.15, 0.2) is 0 Å². The standard InChI is InChI=1S/C20H26N4O5/c1-20(2,3)29-18(27)21-11-12-23-13-7-4-5-8-14(13)24(19(23)28)15-9-6-10-16(25)22-17(15)26/h4-5,7-8,15H,6,9-12H2,1-3H3,(H,21,27)(H,22,25,26). The van der Waals surface area contributed by atoms with E-state index in [4.69, 9.17) is 4.74 Å². The Bertz CT molecular complexity index is 998. The topological polar surface area (TPSA) is 111 Å². The second kappa shape index (κ2) is 8.10. The predicted octanol–water partition coefficient (Wildman–Crippen LogP) is 1.70. The number of amides is 3. The van der Waals surface area contributed by atoms with Crippen LogP contribution in [0.2, 0.25) is 0 Å². The first-order valence-electron chi connectivity index (χ1n) is 9.67. The van der Waals surface area contributed by atoms with E-state index in [1.165, 1.54) is 9.13 Å². The van der Waals surface area contributed by atoms with Crippen molar-refractivity contribution >= 4 is 28.9 Å². The van der Waals surface area contributed by atoms with Gasteiger partial charge in [0.25, 0.3) is 0 Å². The van der Waals surface area contributed by atoms with E-state index in [9.17, 15) is 19.2 Å². The van der Waals surface area contributed by atoms with Crippen molar-refractivity contribution in [3.63, 3.8) is 0 Å². The molecule has 156 valence electrons. The number of para-hydroxylation sites is 2. The zero-order chi connectivity index (χ0) is 21.2. The van der Waals surface area contributed by atoms with Crippen molar-refractivity contribution in [2.24, 2.45) is 0 Å². The minimum absolute atomic E-state index is 0.193. The van der Waals surface area contributed by atoms with Gasteiger partial charge in [-0.05, 0) is 45.7 Å². The summed E-state index contributed by atoms with van der Waals surface area (Å²) in [4.78, 5) is 49.1. The summed E-state index contributed by atoms with van der Waals surface area (Å²) < 4.78 is 8.17. The van der Waals surface area contributed by atoms with Gasteiger partial charge in [0.2, 0.25) is 11.8 Å². The number of imide groups is 1. The Morgan fingerprint density at radius 3 is 2.59 bits per heavy atom. The number of nitrogens with zero attached hydrogens (tertiary/aromatic N) is 2. The Kier molecular flexibility index (Phi) is 5.76. The lowest BCUT2D eigenvalue weighted by Gasteiger charge is -2.19. The fourth-order valence-electron chi connectivity index (χ4n) is 3.45. The molecule has 0 spiro atoms. The molecule has 0 radical (unpaired) electrons. The number of benzene rings is 1. The Labute approximate surface area is 168 Å². The summed E-state index contributed by atoms with van der Waals surface area (Å²) in [5.41, 5.74) is 0.309. The Morgan fingerprint density at radius 1 is 1.21 bits per heavy atom. The maximum Gasteiger partial charge on any atom is 0.407 e. The molecule has 1 atom stereocenters. The van der Waals surface area contributed by atoms with Crippen LogP contribution >= 0.6 is 0 Å². The molecule has 1 aromatic carbocycles. The number of hydrogen-bond donors (Lipinski definition) is 2. The van der Waals surface area contributed by atoms with Gasteiger partial charge in [-0.25, -0.2) is 9.59 Å². The number of carbonyl (C=O) groups is 3. The predicted molar refractivity (Wildman–Crippen MR) is 106 cm³/mol. The zero-order valence-corrected chi connectivity index (χ0v) is 16.9. The van der Waals surface area contributed by atoms with E-state index in [1.54, 1.807) is 45.0 Å². The first kappa shape index (κ1) is 20.6. The largest absolute Gasteiger partial charge is 0.444 e. The molecule has 1 aromatic heterocycles. The van der Waals surface area contributed by atoms with Crippen LogP contribution in [0.25, 0.3) is 11.0 Å². The maximum atomic E-state index is 13.1. The molecule has 1 unspecified atom stereocenters. The van der Waals surface area contributed by atoms with Crippen LogP contribution in [0, 0.1) is 0 Å². The molecule has 1 fully saturated rings. The highest BCUT2D eigenvalue weighted by Gasteiger charge is 2.29. The smallest absolute Gasteiger partial charge is 0.407 e. The minimum atomic E-state index is -0.751. The summed E-state index contributed by atoms with van der Waals surface area (Å²) in [6, 6.07) is 6.41. The quantitative estimate of drug-likeness (QED) is 0.756. The van der Waals surface area contributed by atoms with Crippen LogP contribution in [0.4, 0.5) is 4.79 Å². The van der Waals surface area contributed by atoms with Crippen LogP contribution in [-0.4, -0.2) is 39.2 Å². The number of nitrogens with one attached hydrogen (secondary N) is 2. The van der Waals surface area contributed by atoms with Gasteiger partial charge < -0.3 is 10.1 Å². The molecule has 9 nitrogen and oxygen atoms in total. The third kappa shape index (κ3) is 4.67. The molecule has 1 aliphatic rings. The number of alkyl carbamates (subject to hydrolysis) is 1.